The summed E-state index contributed by atoms with van der Waals surface area (Å²) >= 11 is 0. The molecule has 0 spiro atoms. The van der Waals surface area contributed by atoms with Crippen LogP contribution in [-0.2, 0) is 0 Å². The van der Waals surface area contributed by atoms with Gasteiger partial charge in [-0.15, -0.1) is 0 Å². The molecule has 0 amide bonds. The Morgan fingerprint density at radius 3 is 2.62 bits per heavy atom. The molecule has 4 heteroatoms. The molecule has 0 atom stereocenters. The highest BCUT2D eigenvalue weighted by atomic mass is 19.1. The summed E-state index contributed by atoms with van der Waals surface area (Å²) < 4.78 is 31.6. The zero-order chi connectivity index (χ0) is 12.1. The van der Waals surface area contributed by atoms with Crippen molar-refractivity contribution in [3.63, 3.8) is 0 Å². The van der Waals surface area contributed by atoms with Gasteiger partial charge in [-0.25, -0.2) is 8.78 Å². The fourth-order valence-electron chi connectivity index (χ4n) is 1.04. The van der Waals surface area contributed by atoms with Crippen molar-refractivity contribution < 1.29 is 13.5 Å². The van der Waals surface area contributed by atoms with E-state index in [1.165, 1.54) is 12.1 Å². The van der Waals surface area contributed by atoms with Crippen molar-refractivity contribution in [3.05, 3.63) is 53.8 Å². The number of halogens is 2. The molecule has 0 N–H and O–H groups in total. The molecule has 1 aromatic rings. The minimum atomic E-state index is -0.821. The summed E-state index contributed by atoms with van der Waals surface area (Å²) in [6.07, 6.45) is 2.93. The second-order valence-corrected chi connectivity index (χ2v) is 2.87. The lowest BCUT2D eigenvalue weighted by Gasteiger charge is -2.07. The first kappa shape index (κ1) is 11.9. The molecule has 0 aliphatic heterocycles. The summed E-state index contributed by atoms with van der Waals surface area (Å²) in [5, 5.41) is 8.48. The maximum absolute atomic E-state index is 13.3. The standard InChI is InChI=1S/C12H9F2NO/c1-3-9(4-2)16-12-6-10(13)8(7-15)5-11(12)14/h3-6H,1H2,2H3/b9-4+. The van der Waals surface area contributed by atoms with Crippen molar-refractivity contribution in [2.75, 3.05) is 0 Å². The molecule has 0 unspecified atom stereocenters. The van der Waals surface area contributed by atoms with Crippen LogP contribution in [0.2, 0.25) is 0 Å². The highest BCUT2D eigenvalue weighted by Crippen LogP contribution is 2.23. The highest BCUT2D eigenvalue weighted by molar-refractivity contribution is 5.38. The van der Waals surface area contributed by atoms with E-state index in [4.69, 9.17) is 10.00 Å². The fourth-order valence-corrected chi connectivity index (χ4v) is 1.04. The van der Waals surface area contributed by atoms with Crippen molar-refractivity contribution in [2.45, 2.75) is 6.92 Å². The van der Waals surface area contributed by atoms with Gasteiger partial charge in [-0.1, -0.05) is 6.58 Å². The van der Waals surface area contributed by atoms with Gasteiger partial charge in [0.05, 0.1) is 5.56 Å². The summed E-state index contributed by atoms with van der Waals surface area (Å²) in [6.45, 7) is 5.13. The predicted molar refractivity (Wildman–Crippen MR) is 55.7 cm³/mol. The molecule has 0 fully saturated rings. The average molecular weight is 221 g/mol. The third kappa shape index (κ3) is 2.45. The monoisotopic (exact) mass is 221 g/mol. The van der Waals surface area contributed by atoms with E-state index in [0.29, 0.717) is 5.76 Å². The van der Waals surface area contributed by atoms with Crippen LogP contribution in [0.3, 0.4) is 0 Å². The van der Waals surface area contributed by atoms with Crippen LogP contribution in [0, 0.1) is 23.0 Å². The zero-order valence-electron chi connectivity index (χ0n) is 8.63. The van der Waals surface area contributed by atoms with Gasteiger partial charge in [0.25, 0.3) is 0 Å². The van der Waals surface area contributed by atoms with E-state index < -0.39 is 11.6 Å². The van der Waals surface area contributed by atoms with Crippen LogP contribution in [-0.4, -0.2) is 0 Å². The van der Waals surface area contributed by atoms with Crippen molar-refractivity contribution in [2.24, 2.45) is 0 Å². The molecule has 0 aliphatic rings. The highest BCUT2D eigenvalue weighted by Gasteiger charge is 2.11. The Morgan fingerprint density at radius 1 is 1.44 bits per heavy atom. The Bertz CT molecular complexity index is 487. The van der Waals surface area contributed by atoms with Crippen LogP contribution in [0.5, 0.6) is 5.75 Å². The van der Waals surface area contributed by atoms with Gasteiger partial charge in [0, 0.05) is 6.07 Å². The summed E-state index contributed by atoms with van der Waals surface area (Å²) in [5.74, 6) is -1.58. The fraction of sp³-hybridized carbons (Fsp3) is 0.0833. The van der Waals surface area contributed by atoms with E-state index >= 15 is 0 Å². The number of ether oxygens (including phenoxy) is 1. The molecule has 0 aromatic heterocycles. The molecule has 0 aliphatic carbocycles. The maximum Gasteiger partial charge on any atom is 0.167 e. The first-order chi connectivity index (χ1) is 7.62. The molecule has 2 nitrogen and oxygen atoms in total. The first-order valence-electron chi connectivity index (χ1n) is 4.48. The van der Waals surface area contributed by atoms with E-state index in [9.17, 15) is 8.78 Å². The lowest BCUT2D eigenvalue weighted by Crippen LogP contribution is -1.97. The second kappa shape index (κ2) is 5.08. The van der Waals surface area contributed by atoms with Gasteiger partial charge in [0.15, 0.2) is 11.6 Å². The zero-order valence-corrected chi connectivity index (χ0v) is 8.63. The SMILES string of the molecule is C=C/C(=C\C)Oc1cc(F)c(C#N)cc1F. The molecular weight excluding hydrogens is 212 g/mol. The number of allylic oxidation sites excluding steroid dienone is 2. The predicted octanol–water partition coefficient (Wildman–Crippen LogP) is 3.31. The topological polar surface area (TPSA) is 33.0 Å². The van der Waals surface area contributed by atoms with Crippen LogP contribution in [0.15, 0.2) is 36.6 Å². The quantitative estimate of drug-likeness (QED) is 0.579. The third-order valence-electron chi connectivity index (χ3n) is 1.86. The van der Waals surface area contributed by atoms with Crippen LogP contribution < -0.4 is 4.74 Å². The van der Waals surface area contributed by atoms with Crippen molar-refractivity contribution >= 4 is 0 Å². The third-order valence-corrected chi connectivity index (χ3v) is 1.86. The van der Waals surface area contributed by atoms with Gasteiger partial charge in [0.2, 0.25) is 0 Å². The van der Waals surface area contributed by atoms with Crippen molar-refractivity contribution in [1.29, 1.82) is 5.26 Å². The van der Waals surface area contributed by atoms with Gasteiger partial charge >= 0.3 is 0 Å². The molecule has 0 bridgehead atoms. The van der Waals surface area contributed by atoms with E-state index in [-0.39, 0.29) is 11.3 Å². The summed E-state index contributed by atoms with van der Waals surface area (Å²) in [5.41, 5.74) is -0.356. The van der Waals surface area contributed by atoms with E-state index in [2.05, 4.69) is 6.58 Å². The van der Waals surface area contributed by atoms with E-state index in [1.807, 2.05) is 0 Å². The Kier molecular flexibility index (Phi) is 3.78. The lowest BCUT2D eigenvalue weighted by atomic mass is 10.2. The van der Waals surface area contributed by atoms with Crippen LogP contribution in [0.25, 0.3) is 0 Å². The van der Waals surface area contributed by atoms with E-state index in [0.717, 1.165) is 12.1 Å². The summed E-state index contributed by atoms with van der Waals surface area (Å²) in [7, 11) is 0. The second-order valence-electron chi connectivity index (χ2n) is 2.87. The molecule has 0 radical (unpaired) electrons. The van der Waals surface area contributed by atoms with Crippen LogP contribution >= 0.6 is 0 Å². The minimum absolute atomic E-state index is 0.274. The molecule has 82 valence electrons. The molecule has 0 heterocycles. The van der Waals surface area contributed by atoms with Crippen molar-refractivity contribution in [1.82, 2.24) is 0 Å². The minimum Gasteiger partial charge on any atom is -0.455 e. The van der Waals surface area contributed by atoms with Crippen LogP contribution in [0.1, 0.15) is 12.5 Å². The largest absolute Gasteiger partial charge is 0.455 e. The number of nitriles is 1. The summed E-state index contributed by atoms with van der Waals surface area (Å²) in [4.78, 5) is 0. The average Bonchev–Trinajstić information content (AvgIpc) is 2.29. The molecule has 1 rings (SSSR count). The summed E-state index contributed by atoms with van der Waals surface area (Å²) in [6, 6.07) is 3.17. The molecular formula is C12H9F2NO. The van der Waals surface area contributed by atoms with Gasteiger partial charge in [-0.2, -0.15) is 5.26 Å². The molecule has 1 aromatic carbocycles. The smallest absolute Gasteiger partial charge is 0.167 e. The number of benzene rings is 1. The number of nitrogens with zero attached hydrogens (tertiary/aromatic N) is 1. The van der Waals surface area contributed by atoms with Gasteiger partial charge < -0.3 is 4.74 Å². The number of rotatable bonds is 3. The Labute approximate surface area is 92.1 Å². The Hall–Kier alpha value is -2.15. The molecule has 0 saturated carbocycles. The number of hydrogen-bond donors (Lipinski definition) is 0. The van der Waals surface area contributed by atoms with Crippen LogP contribution in [0.4, 0.5) is 8.78 Å². The van der Waals surface area contributed by atoms with E-state index in [1.54, 1.807) is 13.0 Å². The van der Waals surface area contributed by atoms with Gasteiger partial charge in [-0.3, -0.25) is 0 Å². The Morgan fingerprint density at radius 2 is 2.12 bits per heavy atom. The Balaban J connectivity index is 3.13. The molecule has 0 saturated heterocycles. The molecule has 16 heavy (non-hydrogen) atoms. The van der Waals surface area contributed by atoms with Gasteiger partial charge in [0.1, 0.15) is 17.6 Å². The maximum atomic E-state index is 13.3. The van der Waals surface area contributed by atoms with Crippen molar-refractivity contribution in [3.8, 4) is 11.8 Å². The first-order valence-corrected chi connectivity index (χ1v) is 4.48. The lowest BCUT2D eigenvalue weighted by molar-refractivity contribution is 0.406. The number of hydrogen-bond acceptors (Lipinski definition) is 2. The normalized spacial score (nSPS) is 10.8. The van der Waals surface area contributed by atoms with Gasteiger partial charge in [-0.05, 0) is 25.1 Å².